The molecule has 0 aromatic heterocycles. The molecule has 0 aromatic carbocycles. The molecule has 0 saturated carbocycles. The lowest BCUT2D eigenvalue weighted by Gasteiger charge is -2.18. The van der Waals surface area contributed by atoms with Crippen LogP contribution in [0.2, 0.25) is 0 Å². The van der Waals surface area contributed by atoms with Crippen LogP contribution in [0.5, 0.6) is 0 Å². The number of carbonyl (C=O) groups is 3. The van der Waals surface area contributed by atoms with Crippen molar-refractivity contribution in [2.45, 2.75) is 252 Å². The zero-order valence-electron chi connectivity index (χ0n) is 38.3. The molecule has 0 aliphatic rings. The van der Waals surface area contributed by atoms with E-state index in [-0.39, 0.29) is 37.5 Å². The summed E-state index contributed by atoms with van der Waals surface area (Å²) in [7, 11) is 0. The number of esters is 3. The molecule has 0 fully saturated rings. The molecule has 0 rings (SSSR count). The average molecular weight is 813 g/mol. The molecule has 336 valence electrons. The lowest BCUT2D eigenvalue weighted by atomic mass is 10.0. The van der Waals surface area contributed by atoms with E-state index in [1.807, 2.05) is 0 Å². The zero-order chi connectivity index (χ0) is 42.3. The summed E-state index contributed by atoms with van der Waals surface area (Å²) in [6.07, 6.45) is 55.3. The van der Waals surface area contributed by atoms with Crippen LogP contribution in [-0.4, -0.2) is 37.2 Å². The van der Waals surface area contributed by atoms with Crippen molar-refractivity contribution in [3.63, 3.8) is 0 Å². The molecule has 6 nitrogen and oxygen atoms in total. The fourth-order valence-electron chi connectivity index (χ4n) is 6.87. The number of carbonyl (C=O) groups excluding carboxylic acids is 3. The van der Waals surface area contributed by atoms with E-state index in [0.29, 0.717) is 19.3 Å². The summed E-state index contributed by atoms with van der Waals surface area (Å²) in [5.74, 6) is -0.962. The summed E-state index contributed by atoms with van der Waals surface area (Å²) in [5, 5.41) is 0. The molecule has 0 saturated heterocycles. The predicted octanol–water partition coefficient (Wildman–Crippen LogP) is 15.9. The largest absolute Gasteiger partial charge is 0.462 e. The van der Waals surface area contributed by atoms with Crippen molar-refractivity contribution < 1.29 is 28.6 Å². The van der Waals surface area contributed by atoms with Crippen molar-refractivity contribution in [3.05, 3.63) is 48.6 Å². The molecule has 0 aliphatic carbocycles. The van der Waals surface area contributed by atoms with Gasteiger partial charge in [0.25, 0.3) is 0 Å². The fourth-order valence-corrected chi connectivity index (χ4v) is 6.87. The summed E-state index contributed by atoms with van der Waals surface area (Å²) >= 11 is 0. The molecule has 0 radical (unpaired) electrons. The quantitative estimate of drug-likeness (QED) is 0.0264. The van der Waals surface area contributed by atoms with E-state index in [1.165, 1.54) is 122 Å². The fraction of sp³-hybridized carbons (Fsp3) is 0.788. The van der Waals surface area contributed by atoms with Crippen molar-refractivity contribution in [2.24, 2.45) is 0 Å². The highest BCUT2D eigenvalue weighted by Crippen LogP contribution is 2.15. The second-order valence-corrected chi connectivity index (χ2v) is 16.3. The van der Waals surface area contributed by atoms with Crippen LogP contribution in [0, 0.1) is 0 Å². The highest BCUT2D eigenvalue weighted by Gasteiger charge is 2.19. The highest BCUT2D eigenvalue weighted by molar-refractivity contribution is 5.71. The van der Waals surface area contributed by atoms with Gasteiger partial charge in [-0.1, -0.05) is 204 Å². The lowest BCUT2D eigenvalue weighted by Crippen LogP contribution is -2.30. The Morgan fingerprint density at radius 3 is 1.16 bits per heavy atom. The zero-order valence-corrected chi connectivity index (χ0v) is 38.3. The van der Waals surface area contributed by atoms with Crippen LogP contribution >= 0.6 is 0 Å². The van der Waals surface area contributed by atoms with Crippen molar-refractivity contribution in [3.8, 4) is 0 Å². The second kappa shape index (κ2) is 47.1. The first-order chi connectivity index (χ1) is 28.5. The monoisotopic (exact) mass is 813 g/mol. The minimum absolute atomic E-state index is 0.0927. The Morgan fingerprint density at radius 2 is 0.690 bits per heavy atom. The molecule has 0 bridgehead atoms. The van der Waals surface area contributed by atoms with Crippen LogP contribution in [-0.2, 0) is 28.6 Å². The third kappa shape index (κ3) is 44.5. The average Bonchev–Trinajstić information content (AvgIpc) is 3.22. The topological polar surface area (TPSA) is 78.9 Å². The van der Waals surface area contributed by atoms with Gasteiger partial charge in [0.1, 0.15) is 13.2 Å². The predicted molar refractivity (Wildman–Crippen MR) is 247 cm³/mol. The maximum atomic E-state index is 12.7. The summed E-state index contributed by atoms with van der Waals surface area (Å²) in [4.78, 5) is 37.8. The summed E-state index contributed by atoms with van der Waals surface area (Å²) < 4.78 is 16.7. The van der Waals surface area contributed by atoms with E-state index in [0.717, 1.165) is 77.0 Å². The highest BCUT2D eigenvalue weighted by atomic mass is 16.6. The number of hydrogen-bond acceptors (Lipinski definition) is 6. The number of hydrogen-bond donors (Lipinski definition) is 0. The van der Waals surface area contributed by atoms with Gasteiger partial charge in [0.15, 0.2) is 6.10 Å². The van der Waals surface area contributed by atoms with Crippen LogP contribution in [0.1, 0.15) is 245 Å². The van der Waals surface area contributed by atoms with E-state index < -0.39 is 6.10 Å². The number of unbranched alkanes of at least 4 members (excludes halogenated alkanes) is 25. The second-order valence-electron chi connectivity index (χ2n) is 16.3. The Hall–Kier alpha value is -2.63. The first kappa shape index (κ1) is 55.4. The molecule has 0 aromatic rings. The van der Waals surface area contributed by atoms with E-state index in [2.05, 4.69) is 69.4 Å². The maximum Gasteiger partial charge on any atom is 0.306 e. The Labute approximate surface area is 358 Å². The van der Waals surface area contributed by atoms with Gasteiger partial charge in [0, 0.05) is 19.3 Å². The third-order valence-corrected chi connectivity index (χ3v) is 10.6. The van der Waals surface area contributed by atoms with E-state index in [1.54, 1.807) is 0 Å². The molecule has 58 heavy (non-hydrogen) atoms. The molecule has 6 heteroatoms. The van der Waals surface area contributed by atoms with Crippen molar-refractivity contribution in [2.75, 3.05) is 13.2 Å². The molecular weight excluding hydrogens is 721 g/mol. The Morgan fingerprint density at radius 1 is 0.362 bits per heavy atom. The van der Waals surface area contributed by atoms with Gasteiger partial charge in [-0.3, -0.25) is 14.4 Å². The first-order valence-electron chi connectivity index (χ1n) is 24.6. The van der Waals surface area contributed by atoms with E-state index in [9.17, 15) is 14.4 Å². The van der Waals surface area contributed by atoms with E-state index in [4.69, 9.17) is 14.2 Å². The number of ether oxygens (including phenoxy) is 3. The van der Waals surface area contributed by atoms with Crippen LogP contribution in [0.4, 0.5) is 0 Å². The molecule has 0 N–H and O–H groups in total. The van der Waals surface area contributed by atoms with Gasteiger partial charge in [-0.2, -0.15) is 0 Å². The number of rotatable bonds is 44. The van der Waals surface area contributed by atoms with E-state index >= 15 is 0 Å². The summed E-state index contributed by atoms with van der Waals surface area (Å²) in [5.41, 5.74) is 0. The van der Waals surface area contributed by atoms with Gasteiger partial charge >= 0.3 is 17.9 Å². The molecule has 1 atom stereocenters. The molecule has 0 heterocycles. The van der Waals surface area contributed by atoms with Crippen LogP contribution in [0.15, 0.2) is 48.6 Å². The molecule has 0 spiro atoms. The maximum absolute atomic E-state index is 12.7. The molecule has 0 amide bonds. The third-order valence-electron chi connectivity index (χ3n) is 10.6. The van der Waals surface area contributed by atoms with Crippen LogP contribution in [0.3, 0.4) is 0 Å². The smallest absolute Gasteiger partial charge is 0.306 e. The molecule has 0 aliphatic heterocycles. The normalized spacial score (nSPS) is 12.4. The van der Waals surface area contributed by atoms with Crippen molar-refractivity contribution in [1.29, 1.82) is 0 Å². The van der Waals surface area contributed by atoms with Gasteiger partial charge in [-0.05, 0) is 70.6 Å². The minimum atomic E-state index is -0.796. The van der Waals surface area contributed by atoms with Gasteiger partial charge in [-0.15, -0.1) is 0 Å². The molecular formula is C52H92O6. The Kier molecular flexibility index (Phi) is 44.9. The Bertz CT molecular complexity index is 1030. The van der Waals surface area contributed by atoms with Crippen molar-refractivity contribution >= 4 is 17.9 Å². The summed E-state index contributed by atoms with van der Waals surface area (Å²) in [6.45, 7) is 6.46. The van der Waals surface area contributed by atoms with Gasteiger partial charge in [-0.25, -0.2) is 0 Å². The summed E-state index contributed by atoms with van der Waals surface area (Å²) in [6, 6.07) is 0. The first-order valence-corrected chi connectivity index (χ1v) is 24.6. The SMILES string of the molecule is CC/C=C\C/C=C\C/C=C\CCCC(=O)OCC(COC(=O)CCCCCCCCCCCCCCCCCC)OC(=O)CCCCC/C=C\CCCCCCCC. The minimum Gasteiger partial charge on any atom is -0.462 e. The van der Waals surface area contributed by atoms with Crippen LogP contribution < -0.4 is 0 Å². The van der Waals surface area contributed by atoms with Crippen molar-refractivity contribution in [1.82, 2.24) is 0 Å². The van der Waals surface area contributed by atoms with Crippen LogP contribution in [0.25, 0.3) is 0 Å². The molecule has 1 unspecified atom stereocenters. The lowest BCUT2D eigenvalue weighted by molar-refractivity contribution is -0.167. The Balaban J connectivity index is 4.40. The van der Waals surface area contributed by atoms with Gasteiger partial charge in [0.2, 0.25) is 0 Å². The van der Waals surface area contributed by atoms with Gasteiger partial charge < -0.3 is 14.2 Å². The van der Waals surface area contributed by atoms with Gasteiger partial charge in [0.05, 0.1) is 0 Å². The standard InChI is InChI=1S/C52H92O6/c1-4-7-10-13-16-19-22-24-25-26-28-30-33-36-39-42-45-51(54)57-48-49(47-56-50(53)44-41-38-35-32-29-21-18-15-12-9-6-3)58-52(55)46-43-40-37-34-31-27-23-20-17-14-11-8-5-2/h9,12,18,21,27,31-32,35,49H,4-8,10-11,13-17,19-20,22-26,28-30,33-34,36-48H2,1-3H3/b12-9-,21-18-,31-27-,35-32-. The number of allylic oxidation sites excluding steroid dienone is 8.